The number of hydrogen-bond donors (Lipinski definition) is 2. The summed E-state index contributed by atoms with van der Waals surface area (Å²) in [5, 5.41) is 3.09. The molecule has 5 nitrogen and oxygen atoms in total. The second kappa shape index (κ2) is 7.88. The molecule has 5 heteroatoms. The van der Waals surface area contributed by atoms with Gasteiger partial charge in [0.2, 0.25) is 0 Å². The molecule has 3 N–H and O–H groups in total. The van der Waals surface area contributed by atoms with Crippen molar-refractivity contribution < 1.29 is 9.47 Å². The molecule has 0 bridgehead atoms. The average molecular weight is 291 g/mol. The van der Waals surface area contributed by atoms with E-state index in [0.717, 1.165) is 23.8 Å². The number of nitrogens with one attached hydrogen (secondary N) is 1. The molecular weight excluding hydrogens is 266 g/mol. The van der Waals surface area contributed by atoms with Crippen LogP contribution in [0.1, 0.15) is 25.3 Å². The van der Waals surface area contributed by atoms with E-state index in [-0.39, 0.29) is 6.04 Å². The second-order valence-corrected chi connectivity index (χ2v) is 5.56. The Morgan fingerprint density at radius 2 is 2.19 bits per heavy atom. The quantitative estimate of drug-likeness (QED) is 0.567. The maximum atomic E-state index is 5.88. The molecule has 1 fully saturated rings. The van der Waals surface area contributed by atoms with E-state index in [9.17, 15) is 0 Å². The van der Waals surface area contributed by atoms with Crippen molar-refractivity contribution in [2.75, 3.05) is 20.3 Å². The van der Waals surface area contributed by atoms with Crippen molar-refractivity contribution in [1.82, 2.24) is 5.32 Å². The lowest BCUT2D eigenvalue weighted by molar-refractivity contribution is 0.179. The van der Waals surface area contributed by atoms with Crippen LogP contribution in [0.5, 0.6) is 5.75 Å². The third-order valence-corrected chi connectivity index (χ3v) is 3.37. The summed E-state index contributed by atoms with van der Waals surface area (Å²) in [7, 11) is 1.67. The summed E-state index contributed by atoms with van der Waals surface area (Å²) >= 11 is 0. The van der Waals surface area contributed by atoms with E-state index in [2.05, 4.69) is 10.3 Å². The maximum absolute atomic E-state index is 5.88. The van der Waals surface area contributed by atoms with Crippen molar-refractivity contribution in [2.45, 2.75) is 32.4 Å². The highest BCUT2D eigenvalue weighted by Crippen LogP contribution is 2.30. The summed E-state index contributed by atoms with van der Waals surface area (Å²) in [5.41, 5.74) is 6.94. The predicted molar refractivity (Wildman–Crippen MR) is 84.5 cm³/mol. The van der Waals surface area contributed by atoms with Crippen LogP contribution in [0, 0.1) is 5.92 Å². The van der Waals surface area contributed by atoms with Crippen LogP contribution in [-0.2, 0) is 11.3 Å². The van der Waals surface area contributed by atoms with E-state index in [1.165, 1.54) is 12.8 Å². The van der Waals surface area contributed by atoms with E-state index >= 15 is 0 Å². The number of hydrogen-bond acceptors (Lipinski definition) is 3. The number of guanidine groups is 1. The number of aliphatic imine (C=N–C) groups is 1. The minimum Gasteiger partial charge on any atom is -0.493 e. The SMILES string of the molecule is COCC(C)NC(N)=NCc1ccccc1OCC1CC1. The monoisotopic (exact) mass is 291 g/mol. The van der Waals surface area contributed by atoms with Crippen LogP contribution in [0.25, 0.3) is 0 Å². The van der Waals surface area contributed by atoms with Crippen molar-refractivity contribution in [1.29, 1.82) is 0 Å². The van der Waals surface area contributed by atoms with Gasteiger partial charge in [-0.2, -0.15) is 0 Å². The molecule has 2 rings (SSSR count). The van der Waals surface area contributed by atoms with Gasteiger partial charge in [-0.15, -0.1) is 0 Å². The first-order valence-corrected chi connectivity index (χ1v) is 7.45. The lowest BCUT2D eigenvalue weighted by atomic mass is 10.2. The first-order valence-electron chi connectivity index (χ1n) is 7.45. The molecule has 1 aromatic rings. The normalized spacial score (nSPS) is 16.6. The molecular formula is C16H25N3O2. The highest BCUT2D eigenvalue weighted by molar-refractivity contribution is 5.78. The van der Waals surface area contributed by atoms with Gasteiger partial charge in [0, 0.05) is 18.7 Å². The van der Waals surface area contributed by atoms with E-state index < -0.39 is 0 Å². The molecule has 0 amide bonds. The zero-order valence-electron chi connectivity index (χ0n) is 12.8. The molecule has 116 valence electrons. The minimum atomic E-state index is 0.139. The van der Waals surface area contributed by atoms with Crippen molar-refractivity contribution in [3.8, 4) is 5.75 Å². The highest BCUT2D eigenvalue weighted by Gasteiger charge is 2.22. The average Bonchev–Trinajstić information content (AvgIpc) is 3.28. The second-order valence-electron chi connectivity index (χ2n) is 5.56. The Balaban J connectivity index is 1.88. The fourth-order valence-electron chi connectivity index (χ4n) is 2.03. The molecule has 0 heterocycles. The first kappa shape index (κ1) is 15.6. The Morgan fingerprint density at radius 1 is 1.43 bits per heavy atom. The van der Waals surface area contributed by atoms with Crippen LogP contribution in [0.4, 0.5) is 0 Å². The van der Waals surface area contributed by atoms with Gasteiger partial charge < -0.3 is 20.5 Å². The molecule has 0 saturated heterocycles. The number of methoxy groups -OCH3 is 1. The number of ether oxygens (including phenoxy) is 2. The van der Waals surface area contributed by atoms with Crippen LogP contribution < -0.4 is 15.8 Å². The number of para-hydroxylation sites is 1. The molecule has 1 atom stereocenters. The molecule has 0 radical (unpaired) electrons. The number of nitrogens with two attached hydrogens (primary N) is 1. The molecule has 1 saturated carbocycles. The number of rotatable bonds is 8. The van der Waals surface area contributed by atoms with E-state index in [4.69, 9.17) is 15.2 Å². The van der Waals surface area contributed by atoms with E-state index in [1.807, 2.05) is 31.2 Å². The van der Waals surface area contributed by atoms with Crippen LogP contribution in [0.2, 0.25) is 0 Å². The molecule has 0 aliphatic heterocycles. The Bertz CT molecular complexity index is 472. The van der Waals surface area contributed by atoms with Crippen LogP contribution in [0.3, 0.4) is 0 Å². The fourth-order valence-corrected chi connectivity index (χ4v) is 2.03. The molecule has 1 aromatic carbocycles. The smallest absolute Gasteiger partial charge is 0.189 e. The Morgan fingerprint density at radius 3 is 2.90 bits per heavy atom. The van der Waals surface area contributed by atoms with Gasteiger partial charge in [-0.05, 0) is 31.7 Å². The maximum Gasteiger partial charge on any atom is 0.189 e. The van der Waals surface area contributed by atoms with Crippen molar-refractivity contribution in [3.63, 3.8) is 0 Å². The molecule has 1 aliphatic carbocycles. The molecule has 21 heavy (non-hydrogen) atoms. The Kier molecular flexibility index (Phi) is 5.87. The summed E-state index contributed by atoms with van der Waals surface area (Å²) in [6.45, 7) is 3.91. The third kappa shape index (κ3) is 5.63. The predicted octanol–water partition coefficient (Wildman–Crippen LogP) is 1.91. The topological polar surface area (TPSA) is 68.9 Å². The van der Waals surface area contributed by atoms with E-state index in [1.54, 1.807) is 7.11 Å². The van der Waals surface area contributed by atoms with Gasteiger partial charge in [-0.3, -0.25) is 0 Å². The highest BCUT2D eigenvalue weighted by atomic mass is 16.5. The molecule has 0 aromatic heterocycles. The molecule has 1 aliphatic rings. The summed E-state index contributed by atoms with van der Waals surface area (Å²) in [4.78, 5) is 4.37. The standard InChI is InChI=1S/C16H25N3O2/c1-12(10-20-2)19-16(17)18-9-14-5-3-4-6-15(14)21-11-13-7-8-13/h3-6,12-13H,7-11H2,1-2H3,(H3,17,18,19). The van der Waals surface area contributed by atoms with Gasteiger partial charge in [0.25, 0.3) is 0 Å². The summed E-state index contributed by atoms with van der Waals surface area (Å²) in [5.74, 6) is 2.07. The third-order valence-electron chi connectivity index (χ3n) is 3.37. The summed E-state index contributed by atoms with van der Waals surface area (Å²) < 4.78 is 10.9. The van der Waals surface area contributed by atoms with Gasteiger partial charge in [-0.25, -0.2) is 4.99 Å². The Labute approximate surface area is 126 Å². The lowest BCUT2D eigenvalue weighted by Gasteiger charge is -2.14. The van der Waals surface area contributed by atoms with Gasteiger partial charge >= 0.3 is 0 Å². The van der Waals surface area contributed by atoms with Crippen molar-refractivity contribution in [2.24, 2.45) is 16.6 Å². The largest absolute Gasteiger partial charge is 0.493 e. The molecule has 1 unspecified atom stereocenters. The first-order chi connectivity index (χ1) is 10.2. The van der Waals surface area contributed by atoms with Crippen molar-refractivity contribution >= 4 is 5.96 Å². The minimum absolute atomic E-state index is 0.139. The summed E-state index contributed by atoms with van der Waals surface area (Å²) in [6, 6.07) is 8.13. The molecule has 0 spiro atoms. The van der Waals surface area contributed by atoms with E-state index in [0.29, 0.717) is 19.1 Å². The van der Waals surface area contributed by atoms with Crippen LogP contribution >= 0.6 is 0 Å². The van der Waals surface area contributed by atoms with Gasteiger partial charge in [0.05, 0.1) is 19.8 Å². The van der Waals surface area contributed by atoms with Crippen LogP contribution in [-0.4, -0.2) is 32.3 Å². The zero-order valence-corrected chi connectivity index (χ0v) is 12.8. The zero-order chi connectivity index (χ0) is 15.1. The van der Waals surface area contributed by atoms with Crippen molar-refractivity contribution in [3.05, 3.63) is 29.8 Å². The fraction of sp³-hybridized carbons (Fsp3) is 0.562. The lowest BCUT2D eigenvalue weighted by Crippen LogP contribution is -2.40. The van der Waals surface area contributed by atoms with Gasteiger partial charge in [0.1, 0.15) is 5.75 Å². The number of nitrogens with zero attached hydrogens (tertiary/aromatic N) is 1. The van der Waals surface area contributed by atoms with Crippen LogP contribution in [0.15, 0.2) is 29.3 Å². The Hall–Kier alpha value is -1.75. The van der Waals surface area contributed by atoms with Gasteiger partial charge in [0.15, 0.2) is 5.96 Å². The van der Waals surface area contributed by atoms with Gasteiger partial charge in [-0.1, -0.05) is 18.2 Å². The number of benzene rings is 1. The summed E-state index contributed by atoms with van der Waals surface area (Å²) in [6.07, 6.45) is 2.57.